The van der Waals surface area contributed by atoms with E-state index in [-0.39, 0.29) is 24.2 Å². The van der Waals surface area contributed by atoms with E-state index in [4.69, 9.17) is 10.5 Å². The molecule has 16 heavy (non-hydrogen) atoms. The second kappa shape index (κ2) is 7.14. The Labute approximate surface area is 102 Å². The van der Waals surface area contributed by atoms with Crippen molar-refractivity contribution in [2.45, 2.75) is 18.9 Å². The highest BCUT2D eigenvalue weighted by Gasteiger charge is 2.08. The number of hydrogen-bond donors (Lipinski definition) is 2. The summed E-state index contributed by atoms with van der Waals surface area (Å²) in [6, 6.07) is 5.13. The molecular weight excluding hydrogens is 226 g/mol. The molecule has 0 saturated heterocycles. The van der Waals surface area contributed by atoms with E-state index in [2.05, 4.69) is 6.58 Å². The zero-order valence-corrected chi connectivity index (χ0v) is 10.2. The van der Waals surface area contributed by atoms with Crippen molar-refractivity contribution < 1.29 is 9.84 Å². The van der Waals surface area contributed by atoms with Gasteiger partial charge in [0.15, 0.2) is 11.5 Å². The van der Waals surface area contributed by atoms with Crippen LogP contribution in [0.25, 0.3) is 0 Å². The smallest absolute Gasteiger partial charge is 0.160 e. The number of allylic oxidation sites excluding steroid dienone is 1. The number of phenols is 1. The highest BCUT2D eigenvalue weighted by atomic mass is 35.5. The number of hydrogen-bond acceptors (Lipinski definition) is 3. The molecule has 0 amide bonds. The molecule has 0 radical (unpaired) electrons. The maximum atomic E-state index is 9.41. The van der Waals surface area contributed by atoms with E-state index >= 15 is 0 Å². The highest BCUT2D eigenvalue weighted by molar-refractivity contribution is 5.85. The van der Waals surface area contributed by atoms with Gasteiger partial charge in [-0.25, -0.2) is 0 Å². The molecule has 0 aliphatic carbocycles. The molecule has 0 aliphatic rings. The van der Waals surface area contributed by atoms with Gasteiger partial charge >= 0.3 is 0 Å². The third-order valence-electron chi connectivity index (χ3n) is 2.31. The van der Waals surface area contributed by atoms with Crippen molar-refractivity contribution in [1.82, 2.24) is 0 Å². The summed E-state index contributed by atoms with van der Waals surface area (Å²) >= 11 is 0. The summed E-state index contributed by atoms with van der Waals surface area (Å²) in [5.74, 6) is 0.596. The molecule has 1 aromatic rings. The fourth-order valence-corrected chi connectivity index (χ4v) is 1.39. The second-order valence-electron chi connectivity index (χ2n) is 3.40. The predicted molar refractivity (Wildman–Crippen MR) is 68.3 cm³/mol. The largest absolute Gasteiger partial charge is 0.504 e. The van der Waals surface area contributed by atoms with E-state index in [1.54, 1.807) is 12.1 Å². The molecule has 90 valence electrons. The maximum Gasteiger partial charge on any atom is 0.160 e. The van der Waals surface area contributed by atoms with Gasteiger partial charge < -0.3 is 15.6 Å². The molecular formula is C12H18ClNO2. The molecule has 0 heterocycles. The lowest BCUT2D eigenvalue weighted by atomic mass is 10.0. The molecule has 0 spiro atoms. The number of halogens is 1. The Kier molecular flexibility index (Phi) is 6.61. The van der Waals surface area contributed by atoms with Gasteiger partial charge in [0.1, 0.15) is 0 Å². The van der Waals surface area contributed by atoms with Crippen molar-refractivity contribution in [3.05, 3.63) is 36.4 Å². The Morgan fingerprint density at radius 3 is 2.81 bits per heavy atom. The molecule has 3 nitrogen and oxygen atoms in total. The Balaban J connectivity index is 0.00000225. The molecule has 0 aromatic heterocycles. The van der Waals surface area contributed by atoms with Crippen molar-refractivity contribution >= 4 is 12.4 Å². The number of rotatable bonds is 5. The summed E-state index contributed by atoms with van der Waals surface area (Å²) in [5, 5.41) is 9.41. The van der Waals surface area contributed by atoms with Crippen LogP contribution in [-0.2, 0) is 0 Å². The highest BCUT2D eigenvalue weighted by Crippen LogP contribution is 2.29. The first-order valence-electron chi connectivity index (χ1n) is 4.92. The lowest BCUT2D eigenvalue weighted by Gasteiger charge is -2.12. The van der Waals surface area contributed by atoms with E-state index in [0.717, 1.165) is 18.4 Å². The van der Waals surface area contributed by atoms with Crippen LogP contribution in [0, 0.1) is 0 Å². The molecule has 1 atom stereocenters. The fourth-order valence-electron chi connectivity index (χ4n) is 1.39. The summed E-state index contributed by atoms with van der Waals surface area (Å²) in [4.78, 5) is 0. The van der Waals surface area contributed by atoms with E-state index in [1.165, 1.54) is 7.11 Å². The topological polar surface area (TPSA) is 55.5 Å². The van der Waals surface area contributed by atoms with Gasteiger partial charge in [-0.3, -0.25) is 0 Å². The maximum absolute atomic E-state index is 9.41. The van der Waals surface area contributed by atoms with Gasteiger partial charge in [0.2, 0.25) is 0 Å². The van der Waals surface area contributed by atoms with Crippen LogP contribution in [0.2, 0.25) is 0 Å². The predicted octanol–water partition coefficient (Wildman–Crippen LogP) is 2.79. The van der Waals surface area contributed by atoms with Crippen LogP contribution < -0.4 is 10.5 Å². The summed E-state index contributed by atoms with van der Waals surface area (Å²) in [6.45, 7) is 3.65. The molecule has 1 aromatic carbocycles. The third-order valence-corrected chi connectivity index (χ3v) is 2.31. The molecule has 0 unspecified atom stereocenters. The molecule has 0 bridgehead atoms. The molecule has 0 saturated carbocycles. The van der Waals surface area contributed by atoms with Gasteiger partial charge in [0.05, 0.1) is 7.11 Å². The average molecular weight is 244 g/mol. The quantitative estimate of drug-likeness (QED) is 0.782. The third kappa shape index (κ3) is 3.76. The van der Waals surface area contributed by atoms with Crippen molar-refractivity contribution in [3.8, 4) is 11.5 Å². The van der Waals surface area contributed by atoms with Gasteiger partial charge in [0.25, 0.3) is 0 Å². The van der Waals surface area contributed by atoms with Crippen LogP contribution in [0.5, 0.6) is 11.5 Å². The van der Waals surface area contributed by atoms with Gasteiger partial charge in [-0.05, 0) is 30.5 Å². The van der Waals surface area contributed by atoms with Crippen molar-refractivity contribution in [2.75, 3.05) is 7.11 Å². The fraction of sp³-hybridized carbons (Fsp3) is 0.333. The molecule has 0 aliphatic heterocycles. The van der Waals surface area contributed by atoms with E-state index < -0.39 is 0 Å². The Morgan fingerprint density at radius 1 is 1.56 bits per heavy atom. The van der Waals surface area contributed by atoms with Gasteiger partial charge in [-0.2, -0.15) is 0 Å². The summed E-state index contributed by atoms with van der Waals surface area (Å²) < 4.78 is 5.01. The number of phenolic OH excluding ortho intramolecular Hbond substituents is 1. The Bertz CT molecular complexity index is 342. The minimum absolute atomic E-state index is 0. The second-order valence-corrected chi connectivity index (χ2v) is 3.40. The van der Waals surface area contributed by atoms with Crippen LogP contribution in [0.3, 0.4) is 0 Å². The van der Waals surface area contributed by atoms with Crippen LogP contribution >= 0.6 is 12.4 Å². The summed E-state index contributed by atoms with van der Waals surface area (Å²) in [7, 11) is 1.52. The minimum atomic E-state index is -0.0440. The van der Waals surface area contributed by atoms with E-state index in [1.807, 2.05) is 12.1 Å². The first kappa shape index (κ1) is 14.8. The minimum Gasteiger partial charge on any atom is -0.504 e. The lowest BCUT2D eigenvalue weighted by molar-refractivity contribution is 0.372. The number of methoxy groups -OCH3 is 1. The Morgan fingerprint density at radius 2 is 2.25 bits per heavy atom. The lowest BCUT2D eigenvalue weighted by Crippen LogP contribution is -2.09. The average Bonchev–Trinajstić information content (AvgIpc) is 2.26. The van der Waals surface area contributed by atoms with E-state index in [0.29, 0.717) is 5.75 Å². The Hall–Kier alpha value is -1.19. The number of aromatic hydroxyl groups is 1. The summed E-state index contributed by atoms with van der Waals surface area (Å²) in [5.41, 5.74) is 6.93. The van der Waals surface area contributed by atoms with Crippen LogP contribution in [0.15, 0.2) is 30.9 Å². The summed E-state index contributed by atoms with van der Waals surface area (Å²) in [6.07, 6.45) is 3.57. The first-order chi connectivity index (χ1) is 7.19. The van der Waals surface area contributed by atoms with E-state index in [9.17, 15) is 5.11 Å². The van der Waals surface area contributed by atoms with Crippen molar-refractivity contribution in [1.29, 1.82) is 0 Å². The number of nitrogens with two attached hydrogens (primary N) is 1. The normalized spacial score (nSPS) is 11.4. The molecule has 3 N–H and O–H groups in total. The number of ether oxygens (including phenoxy) is 1. The molecule has 4 heteroatoms. The SMILES string of the molecule is C=CCC[C@@H](N)c1ccc(O)c(OC)c1.Cl. The van der Waals surface area contributed by atoms with Gasteiger partial charge in [0, 0.05) is 6.04 Å². The first-order valence-corrected chi connectivity index (χ1v) is 4.92. The molecule has 0 fully saturated rings. The van der Waals surface area contributed by atoms with Crippen molar-refractivity contribution in [2.24, 2.45) is 5.73 Å². The number of benzene rings is 1. The van der Waals surface area contributed by atoms with Gasteiger partial charge in [-0.15, -0.1) is 19.0 Å². The van der Waals surface area contributed by atoms with Crippen LogP contribution in [-0.4, -0.2) is 12.2 Å². The van der Waals surface area contributed by atoms with Crippen LogP contribution in [0.4, 0.5) is 0 Å². The molecule has 1 rings (SSSR count). The van der Waals surface area contributed by atoms with Crippen LogP contribution in [0.1, 0.15) is 24.4 Å². The van der Waals surface area contributed by atoms with Crippen molar-refractivity contribution in [3.63, 3.8) is 0 Å². The van der Waals surface area contributed by atoms with Gasteiger partial charge in [-0.1, -0.05) is 12.1 Å². The zero-order valence-electron chi connectivity index (χ0n) is 9.35. The zero-order chi connectivity index (χ0) is 11.3. The standard InChI is InChI=1S/C12H17NO2.ClH/c1-3-4-5-10(13)9-6-7-11(14)12(8-9)15-2;/h3,6-8,10,14H,1,4-5,13H2,2H3;1H/t10-;/m1./s1. The monoisotopic (exact) mass is 243 g/mol.